The van der Waals surface area contributed by atoms with Gasteiger partial charge in [0.15, 0.2) is 0 Å². The summed E-state index contributed by atoms with van der Waals surface area (Å²) in [6.07, 6.45) is 2.94. The van der Waals surface area contributed by atoms with Gasteiger partial charge in [0.25, 0.3) is 5.69 Å². The first-order valence-corrected chi connectivity index (χ1v) is 5.03. The van der Waals surface area contributed by atoms with Gasteiger partial charge < -0.3 is 9.15 Å². The summed E-state index contributed by atoms with van der Waals surface area (Å²) < 4.78 is 9.40. The molecule has 0 radical (unpaired) electrons. The van der Waals surface area contributed by atoms with Crippen LogP contribution < -0.4 is 0 Å². The van der Waals surface area contributed by atoms with Crippen molar-refractivity contribution in [1.29, 1.82) is 0 Å². The van der Waals surface area contributed by atoms with E-state index in [4.69, 9.17) is 4.42 Å². The predicted octanol–water partition coefficient (Wildman–Crippen LogP) is 2.64. The molecule has 0 saturated carbocycles. The van der Waals surface area contributed by atoms with Crippen LogP contribution in [0.3, 0.4) is 0 Å². The number of ether oxygens (including phenoxy) is 1. The molecule has 0 bridgehead atoms. The lowest BCUT2D eigenvalue weighted by Crippen LogP contribution is -2.05. The average Bonchev–Trinajstić information content (AvgIpc) is 2.91. The molecule has 2 rings (SSSR count). The fourth-order valence-corrected chi connectivity index (χ4v) is 1.57. The molecule has 0 aliphatic rings. The Bertz CT molecular complexity index is 589. The number of benzene rings is 1. The molecule has 0 N–H and O–H groups in total. The second-order valence-electron chi connectivity index (χ2n) is 3.49. The Morgan fingerprint density at radius 1 is 1.33 bits per heavy atom. The van der Waals surface area contributed by atoms with E-state index in [0.29, 0.717) is 11.1 Å². The molecule has 18 heavy (non-hydrogen) atoms. The number of hydrogen-bond acceptors (Lipinski definition) is 5. The lowest BCUT2D eigenvalue weighted by Gasteiger charge is -2.03. The Morgan fingerprint density at radius 3 is 2.67 bits per heavy atom. The van der Waals surface area contributed by atoms with Crippen LogP contribution in [-0.2, 0) is 4.74 Å². The molecule has 6 nitrogen and oxygen atoms in total. The van der Waals surface area contributed by atoms with Gasteiger partial charge in [-0.25, -0.2) is 4.79 Å². The van der Waals surface area contributed by atoms with Crippen LogP contribution >= 0.6 is 0 Å². The quantitative estimate of drug-likeness (QED) is 0.473. The van der Waals surface area contributed by atoms with Crippen LogP contribution in [0.1, 0.15) is 10.4 Å². The van der Waals surface area contributed by atoms with Crippen molar-refractivity contribution < 1.29 is 18.9 Å². The van der Waals surface area contributed by atoms with Crippen molar-refractivity contribution in [2.45, 2.75) is 0 Å². The lowest BCUT2D eigenvalue weighted by atomic mass is 10.0. The summed E-state index contributed by atoms with van der Waals surface area (Å²) in [6.45, 7) is 0. The van der Waals surface area contributed by atoms with Crippen LogP contribution in [0.5, 0.6) is 0 Å². The SMILES string of the molecule is COC(=O)c1ccc(-c2ccoc2)cc1[N+](=O)[O-]. The standard InChI is InChI=1S/C12H9NO5/c1-17-12(14)10-3-2-8(6-11(10)13(15)16)9-4-5-18-7-9/h2-7H,1H3. The number of carbonyl (C=O) groups is 1. The van der Waals surface area contributed by atoms with Crippen LogP contribution in [0, 0.1) is 10.1 Å². The topological polar surface area (TPSA) is 82.6 Å². The minimum Gasteiger partial charge on any atom is -0.472 e. The predicted molar refractivity (Wildman–Crippen MR) is 62.1 cm³/mol. The van der Waals surface area contributed by atoms with Crippen molar-refractivity contribution in [3.05, 3.63) is 52.5 Å². The summed E-state index contributed by atoms with van der Waals surface area (Å²) >= 11 is 0. The zero-order valence-electron chi connectivity index (χ0n) is 9.45. The van der Waals surface area contributed by atoms with Gasteiger partial charge in [-0.15, -0.1) is 0 Å². The molecule has 0 saturated heterocycles. The number of carbonyl (C=O) groups excluding carboxylic acids is 1. The maximum atomic E-state index is 11.4. The zero-order chi connectivity index (χ0) is 13.1. The van der Waals surface area contributed by atoms with Crippen molar-refractivity contribution in [3.8, 4) is 11.1 Å². The van der Waals surface area contributed by atoms with Crippen molar-refractivity contribution in [2.24, 2.45) is 0 Å². The van der Waals surface area contributed by atoms with Crippen LogP contribution in [0.2, 0.25) is 0 Å². The summed E-state index contributed by atoms with van der Waals surface area (Å²) in [5, 5.41) is 10.9. The summed E-state index contributed by atoms with van der Waals surface area (Å²) in [5.74, 6) is -0.736. The number of methoxy groups -OCH3 is 1. The average molecular weight is 247 g/mol. The van der Waals surface area contributed by atoms with Crippen molar-refractivity contribution in [1.82, 2.24) is 0 Å². The third-order valence-corrected chi connectivity index (χ3v) is 2.45. The van der Waals surface area contributed by atoms with E-state index in [-0.39, 0.29) is 11.3 Å². The van der Waals surface area contributed by atoms with E-state index >= 15 is 0 Å². The van der Waals surface area contributed by atoms with Gasteiger partial charge in [0.1, 0.15) is 5.56 Å². The van der Waals surface area contributed by atoms with Crippen LogP contribution in [0.25, 0.3) is 11.1 Å². The third kappa shape index (κ3) is 2.08. The summed E-state index contributed by atoms with van der Waals surface area (Å²) in [6, 6.07) is 5.96. The number of nitro groups is 1. The van der Waals surface area contributed by atoms with E-state index in [1.165, 1.54) is 31.8 Å². The molecule has 0 unspecified atom stereocenters. The Hall–Kier alpha value is -2.63. The number of esters is 1. The summed E-state index contributed by atoms with van der Waals surface area (Å²) in [5.41, 5.74) is 0.938. The van der Waals surface area contributed by atoms with Gasteiger partial charge in [-0.3, -0.25) is 10.1 Å². The highest BCUT2D eigenvalue weighted by Crippen LogP contribution is 2.27. The van der Waals surface area contributed by atoms with Crippen LogP contribution in [0.15, 0.2) is 41.2 Å². The maximum absolute atomic E-state index is 11.4. The van der Waals surface area contributed by atoms with E-state index in [0.717, 1.165) is 0 Å². The van der Waals surface area contributed by atoms with Crippen molar-refractivity contribution >= 4 is 11.7 Å². The largest absolute Gasteiger partial charge is 0.472 e. The van der Waals surface area contributed by atoms with Gasteiger partial charge in [0.2, 0.25) is 0 Å². The molecule has 0 fully saturated rings. The van der Waals surface area contributed by atoms with Gasteiger partial charge >= 0.3 is 5.97 Å². The zero-order valence-corrected chi connectivity index (χ0v) is 9.45. The maximum Gasteiger partial charge on any atom is 0.344 e. The molecule has 6 heteroatoms. The summed E-state index contributed by atoms with van der Waals surface area (Å²) in [7, 11) is 1.18. The van der Waals surface area contributed by atoms with Gasteiger partial charge in [-0.2, -0.15) is 0 Å². The molecule has 1 aromatic heterocycles. The minimum absolute atomic E-state index is 0.0743. The van der Waals surface area contributed by atoms with Crippen LogP contribution in [0.4, 0.5) is 5.69 Å². The molecular weight excluding hydrogens is 238 g/mol. The lowest BCUT2D eigenvalue weighted by molar-refractivity contribution is -0.385. The van der Waals surface area contributed by atoms with Crippen molar-refractivity contribution in [3.63, 3.8) is 0 Å². The van der Waals surface area contributed by atoms with Crippen LogP contribution in [-0.4, -0.2) is 18.0 Å². The normalized spacial score (nSPS) is 10.1. The number of hydrogen-bond donors (Lipinski definition) is 0. The highest BCUT2D eigenvalue weighted by atomic mass is 16.6. The molecule has 92 valence electrons. The first kappa shape index (κ1) is 11.8. The molecular formula is C12H9NO5. The molecule has 1 aromatic carbocycles. The molecule has 2 aromatic rings. The van der Waals surface area contributed by atoms with E-state index in [9.17, 15) is 14.9 Å². The smallest absolute Gasteiger partial charge is 0.344 e. The Labute approximate surface area is 102 Å². The van der Waals surface area contributed by atoms with E-state index in [1.807, 2.05) is 0 Å². The molecule has 0 amide bonds. The molecule has 1 heterocycles. The second-order valence-corrected chi connectivity index (χ2v) is 3.49. The fourth-order valence-electron chi connectivity index (χ4n) is 1.57. The second kappa shape index (κ2) is 4.70. The van der Waals surface area contributed by atoms with Crippen molar-refractivity contribution in [2.75, 3.05) is 7.11 Å². The van der Waals surface area contributed by atoms with E-state index in [2.05, 4.69) is 4.74 Å². The highest BCUT2D eigenvalue weighted by Gasteiger charge is 2.21. The van der Waals surface area contributed by atoms with Gasteiger partial charge in [0, 0.05) is 11.6 Å². The monoisotopic (exact) mass is 247 g/mol. The Morgan fingerprint density at radius 2 is 2.11 bits per heavy atom. The Kier molecular flexibility index (Phi) is 3.09. The molecule has 0 aliphatic heterocycles. The fraction of sp³-hybridized carbons (Fsp3) is 0.0833. The Balaban J connectivity index is 2.54. The molecule has 0 aliphatic carbocycles. The number of furan rings is 1. The number of nitrogens with zero attached hydrogens (tertiary/aromatic N) is 1. The third-order valence-electron chi connectivity index (χ3n) is 2.45. The molecule has 0 atom stereocenters. The van der Waals surface area contributed by atoms with Gasteiger partial charge in [0.05, 0.1) is 24.6 Å². The van der Waals surface area contributed by atoms with Gasteiger partial charge in [-0.05, 0) is 17.7 Å². The first-order chi connectivity index (χ1) is 8.63. The number of nitro benzene ring substituents is 1. The highest BCUT2D eigenvalue weighted by molar-refractivity contribution is 5.94. The minimum atomic E-state index is -0.736. The molecule has 0 spiro atoms. The van der Waals surface area contributed by atoms with Gasteiger partial charge in [-0.1, -0.05) is 6.07 Å². The summed E-state index contributed by atoms with van der Waals surface area (Å²) in [4.78, 5) is 21.7. The van der Waals surface area contributed by atoms with E-state index in [1.54, 1.807) is 12.1 Å². The number of rotatable bonds is 3. The first-order valence-electron chi connectivity index (χ1n) is 5.03. The van der Waals surface area contributed by atoms with E-state index < -0.39 is 10.9 Å².